The SMILES string of the molecule is N#Cc1ccc(-c2ccc3c4c(ccc(-c5ccc(-c6ccc(-c7cc(-c8ccccc8)nc(-c8ccccc8)n7)cc6)c6ccccc56)c24)-c2ccccc2-3)cc1. The molecule has 0 saturated carbocycles. The Hall–Kier alpha value is -7.93. The van der Waals surface area contributed by atoms with Crippen LogP contribution in [0, 0.1) is 11.3 Å². The number of hydrogen-bond acceptors (Lipinski definition) is 3. The first-order valence-electron chi connectivity index (χ1n) is 19.5. The van der Waals surface area contributed by atoms with Crippen molar-refractivity contribution in [3.05, 3.63) is 206 Å². The van der Waals surface area contributed by atoms with E-state index in [0.29, 0.717) is 11.4 Å². The van der Waals surface area contributed by atoms with E-state index in [1.54, 1.807) is 0 Å². The summed E-state index contributed by atoms with van der Waals surface area (Å²) < 4.78 is 0. The summed E-state index contributed by atoms with van der Waals surface area (Å²) >= 11 is 0. The predicted octanol–water partition coefficient (Wildman–Crippen LogP) is 14.3. The number of nitrogens with zero attached hydrogens (tertiary/aromatic N) is 3. The fourth-order valence-electron chi connectivity index (χ4n) is 8.76. The highest BCUT2D eigenvalue weighted by Crippen LogP contribution is 2.52. The van der Waals surface area contributed by atoms with Crippen molar-refractivity contribution in [3.63, 3.8) is 0 Å². The maximum atomic E-state index is 9.56. The monoisotopic (exact) mass is 735 g/mol. The molecule has 0 atom stereocenters. The van der Waals surface area contributed by atoms with Gasteiger partial charge in [-0.15, -0.1) is 0 Å². The Balaban J connectivity index is 1.05. The average molecular weight is 736 g/mol. The van der Waals surface area contributed by atoms with Gasteiger partial charge in [-0.05, 0) is 95.4 Å². The summed E-state index contributed by atoms with van der Waals surface area (Å²) in [6.07, 6.45) is 0. The molecule has 1 heterocycles. The van der Waals surface area contributed by atoms with Crippen LogP contribution in [0.25, 0.3) is 111 Å². The van der Waals surface area contributed by atoms with Gasteiger partial charge in [0.1, 0.15) is 0 Å². The quantitative estimate of drug-likeness (QED) is 0.171. The molecule has 268 valence electrons. The molecule has 0 radical (unpaired) electrons. The van der Waals surface area contributed by atoms with E-state index in [2.05, 4.69) is 158 Å². The molecule has 0 N–H and O–H groups in total. The third-order valence-corrected chi connectivity index (χ3v) is 11.5. The molecule has 0 aliphatic heterocycles. The molecule has 1 aliphatic carbocycles. The number of fused-ring (bicyclic) bond motifs is 4. The van der Waals surface area contributed by atoms with Crippen LogP contribution in [-0.2, 0) is 0 Å². The predicted molar refractivity (Wildman–Crippen MR) is 239 cm³/mol. The van der Waals surface area contributed by atoms with Gasteiger partial charge < -0.3 is 0 Å². The van der Waals surface area contributed by atoms with Gasteiger partial charge in [0.15, 0.2) is 5.82 Å². The summed E-state index contributed by atoms with van der Waals surface area (Å²) in [5, 5.41) is 14.5. The first-order chi connectivity index (χ1) is 28.7. The molecule has 0 amide bonds. The minimum absolute atomic E-state index is 0.655. The number of hydrogen-bond donors (Lipinski definition) is 0. The molecule has 9 aromatic carbocycles. The third-order valence-electron chi connectivity index (χ3n) is 11.5. The molecule has 58 heavy (non-hydrogen) atoms. The van der Waals surface area contributed by atoms with Crippen molar-refractivity contribution in [2.24, 2.45) is 0 Å². The van der Waals surface area contributed by atoms with Gasteiger partial charge >= 0.3 is 0 Å². The van der Waals surface area contributed by atoms with Crippen molar-refractivity contribution >= 4 is 21.5 Å². The maximum Gasteiger partial charge on any atom is 0.160 e. The summed E-state index contributed by atoms with van der Waals surface area (Å²) in [4.78, 5) is 10.0. The van der Waals surface area contributed by atoms with Crippen LogP contribution in [0.1, 0.15) is 5.56 Å². The van der Waals surface area contributed by atoms with Crippen LogP contribution >= 0.6 is 0 Å². The van der Waals surface area contributed by atoms with Crippen LogP contribution in [0.15, 0.2) is 200 Å². The van der Waals surface area contributed by atoms with E-state index in [9.17, 15) is 5.26 Å². The zero-order valence-corrected chi connectivity index (χ0v) is 31.4. The zero-order chi connectivity index (χ0) is 38.6. The van der Waals surface area contributed by atoms with Gasteiger partial charge in [0.25, 0.3) is 0 Å². The Morgan fingerprint density at radius 1 is 0.310 bits per heavy atom. The van der Waals surface area contributed by atoms with Gasteiger partial charge in [-0.1, -0.05) is 182 Å². The lowest BCUT2D eigenvalue weighted by molar-refractivity contribution is 1.18. The Morgan fingerprint density at radius 3 is 1.34 bits per heavy atom. The van der Waals surface area contributed by atoms with Crippen molar-refractivity contribution < 1.29 is 0 Å². The summed E-state index contributed by atoms with van der Waals surface area (Å²) in [6.45, 7) is 0. The van der Waals surface area contributed by atoms with Gasteiger partial charge in [0, 0.05) is 16.7 Å². The van der Waals surface area contributed by atoms with Gasteiger partial charge in [-0.2, -0.15) is 5.26 Å². The first-order valence-corrected chi connectivity index (χ1v) is 19.5. The molecule has 0 unspecified atom stereocenters. The minimum atomic E-state index is 0.655. The van der Waals surface area contributed by atoms with E-state index >= 15 is 0 Å². The third kappa shape index (κ3) is 5.51. The highest BCUT2D eigenvalue weighted by Gasteiger charge is 2.25. The second-order valence-corrected chi connectivity index (χ2v) is 14.8. The van der Waals surface area contributed by atoms with Gasteiger partial charge in [-0.3, -0.25) is 0 Å². The van der Waals surface area contributed by atoms with E-state index in [-0.39, 0.29) is 0 Å². The molecule has 0 fully saturated rings. The van der Waals surface area contributed by atoms with E-state index in [0.717, 1.165) is 44.8 Å². The molecule has 10 aromatic rings. The van der Waals surface area contributed by atoms with Crippen LogP contribution in [0.2, 0.25) is 0 Å². The lowest BCUT2D eigenvalue weighted by Crippen LogP contribution is -1.95. The number of aromatic nitrogens is 2. The average Bonchev–Trinajstić information content (AvgIpc) is 3.64. The molecule has 1 aromatic heterocycles. The molecular formula is C55H33N3. The summed E-state index contributed by atoms with van der Waals surface area (Å²) in [5.41, 5.74) is 17.5. The van der Waals surface area contributed by atoms with Crippen molar-refractivity contribution in [2.45, 2.75) is 0 Å². The Morgan fingerprint density at radius 2 is 0.724 bits per heavy atom. The number of rotatable bonds is 6. The fourth-order valence-corrected chi connectivity index (χ4v) is 8.76. The molecule has 3 nitrogen and oxygen atoms in total. The standard InChI is InChI=1S/C55H33N3/c56-34-35-19-21-37(22-20-35)42-28-30-48-45-17-9-10-18-46(45)49-31-32-50(53(42)54(48)49)47-29-27-41(43-15-7-8-16-44(43)47)36-23-25-39(26-24-36)52-33-51(38-11-3-1-4-12-38)57-55(58-52)40-13-5-2-6-14-40/h1-33H. The van der Waals surface area contributed by atoms with Gasteiger partial charge in [-0.25, -0.2) is 9.97 Å². The summed E-state index contributed by atoms with van der Waals surface area (Å²) in [7, 11) is 0. The zero-order valence-electron chi connectivity index (χ0n) is 31.4. The Labute approximate surface area is 336 Å². The van der Waals surface area contributed by atoms with Crippen molar-refractivity contribution in [1.29, 1.82) is 5.26 Å². The van der Waals surface area contributed by atoms with Crippen molar-refractivity contribution in [2.75, 3.05) is 0 Å². The Kier molecular flexibility index (Phi) is 7.88. The second kappa shape index (κ2) is 13.7. The highest BCUT2D eigenvalue weighted by molar-refractivity contribution is 6.24. The topological polar surface area (TPSA) is 49.6 Å². The molecule has 0 saturated heterocycles. The largest absolute Gasteiger partial charge is 0.228 e. The smallest absolute Gasteiger partial charge is 0.160 e. The van der Waals surface area contributed by atoms with Crippen LogP contribution in [0.4, 0.5) is 0 Å². The van der Waals surface area contributed by atoms with Crippen LogP contribution in [-0.4, -0.2) is 9.97 Å². The molecule has 3 heteroatoms. The molecule has 0 spiro atoms. The number of nitriles is 1. The van der Waals surface area contributed by atoms with Crippen LogP contribution in [0.3, 0.4) is 0 Å². The van der Waals surface area contributed by atoms with E-state index in [4.69, 9.17) is 9.97 Å². The molecule has 0 bridgehead atoms. The van der Waals surface area contributed by atoms with E-state index in [1.165, 1.54) is 60.5 Å². The van der Waals surface area contributed by atoms with Gasteiger partial charge in [0.2, 0.25) is 0 Å². The first kappa shape index (κ1) is 33.4. The Bertz CT molecular complexity index is 3160. The normalized spacial score (nSPS) is 11.4. The summed E-state index contributed by atoms with van der Waals surface area (Å²) in [6, 6.07) is 72.8. The maximum absolute atomic E-state index is 9.56. The van der Waals surface area contributed by atoms with Crippen molar-refractivity contribution in [1.82, 2.24) is 9.97 Å². The molecule has 11 rings (SSSR count). The van der Waals surface area contributed by atoms with E-state index in [1.807, 2.05) is 48.5 Å². The van der Waals surface area contributed by atoms with Crippen LogP contribution < -0.4 is 0 Å². The second-order valence-electron chi connectivity index (χ2n) is 14.8. The van der Waals surface area contributed by atoms with Crippen LogP contribution in [0.5, 0.6) is 0 Å². The molecular weight excluding hydrogens is 703 g/mol. The van der Waals surface area contributed by atoms with Crippen molar-refractivity contribution in [3.8, 4) is 95.6 Å². The highest BCUT2D eigenvalue weighted by atomic mass is 14.9. The molecule has 1 aliphatic rings. The summed E-state index contributed by atoms with van der Waals surface area (Å²) in [5.74, 6) is 0.705. The lowest BCUT2D eigenvalue weighted by atomic mass is 9.85. The fraction of sp³-hybridized carbons (Fsp3) is 0. The number of benzene rings is 9. The minimum Gasteiger partial charge on any atom is -0.228 e. The lowest BCUT2D eigenvalue weighted by Gasteiger charge is -2.18. The van der Waals surface area contributed by atoms with E-state index < -0.39 is 0 Å². The van der Waals surface area contributed by atoms with Gasteiger partial charge in [0.05, 0.1) is 23.0 Å².